The average Bonchev–Trinajstić information content (AvgIpc) is 3.28. The first-order valence-electron chi connectivity index (χ1n) is 13.9. The van der Waals surface area contributed by atoms with Gasteiger partial charge < -0.3 is 25.2 Å². The van der Waals surface area contributed by atoms with Crippen LogP contribution in [0.4, 0.5) is 0 Å². The fourth-order valence-corrected chi connectivity index (χ4v) is 5.36. The molecule has 2 aliphatic rings. The fourth-order valence-electron chi connectivity index (χ4n) is 5.36. The molecule has 0 spiro atoms. The summed E-state index contributed by atoms with van der Waals surface area (Å²) in [6, 6.07) is 6.90. The summed E-state index contributed by atoms with van der Waals surface area (Å²) in [5, 5.41) is 23.5. The van der Waals surface area contributed by atoms with Crippen LogP contribution < -0.4 is 10.1 Å². The molecule has 36 heavy (non-hydrogen) atoms. The van der Waals surface area contributed by atoms with Gasteiger partial charge in [0.1, 0.15) is 18.0 Å². The van der Waals surface area contributed by atoms with Crippen LogP contribution in [0.3, 0.4) is 0 Å². The Hall–Kier alpha value is -2.38. The number of benzene rings is 1. The van der Waals surface area contributed by atoms with Crippen LogP contribution >= 0.6 is 0 Å². The van der Waals surface area contributed by atoms with Crippen LogP contribution in [0.2, 0.25) is 0 Å². The van der Waals surface area contributed by atoms with Crippen LogP contribution in [0.25, 0.3) is 0 Å². The Labute approximate surface area is 215 Å². The molecule has 1 heterocycles. The molecule has 2 amide bonds. The van der Waals surface area contributed by atoms with Gasteiger partial charge in [0.15, 0.2) is 0 Å². The van der Waals surface area contributed by atoms with Gasteiger partial charge in [-0.05, 0) is 25.0 Å². The quantitative estimate of drug-likeness (QED) is 0.315. The van der Waals surface area contributed by atoms with Gasteiger partial charge >= 0.3 is 0 Å². The molecule has 3 N–H and O–H groups in total. The zero-order valence-electron chi connectivity index (χ0n) is 22.0. The second kappa shape index (κ2) is 14.4. The predicted octanol–water partition coefficient (Wildman–Crippen LogP) is 4.08. The first kappa shape index (κ1) is 28.2. The number of nitrogens with zero attached hydrogens (tertiary/aromatic N) is 1. The van der Waals surface area contributed by atoms with Gasteiger partial charge in [0.2, 0.25) is 11.8 Å². The molecule has 0 saturated carbocycles. The Balaban J connectivity index is 1.88. The predicted molar refractivity (Wildman–Crippen MR) is 141 cm³/mol. The van der Waals surface area contributed by atoms with E-state index in [0.29, 0.717) is 24.3 Å². The van der Waals surface area contributed by atoms with E-state index in [9.17, 15) is 19.8 Å². The Bertz CT molecular complexity index is 886. The average molecular weight is 501 g/mol. The van der Waals surface area contributed by atoms with Gasteiger partial charge in [0, 0.05) is 30.6 Å². The first-order chi connectivity index (χ1) is 17.5. The van der Waals surface area contributed by atoms with E-state index >= 15 is 0 Å². The number of unbranched alkanes of at least 4 members (excludes halogenated alkanes) is 7. The van der Waals surface area contributed by atoms with E-state index in [0.717, 1.165) is 56.9 Å². The summed E-state index contributed by atoms with van der Waals surface area (Å²) in [7, 11) is 0. The molecule has 4 atom stereocenters. The maximum absolute atomic E-state index is 13.5. The van der Waals surface area contributed by atoms with E-state index in [2.05, 4.69) is 19.2 Å². The molecule has 1 aromatic rings. The van der Waals surface area contributed by atoms with Crippen LogP contribution in [-0.2, 0) is 9.59 Å². The molecule has 1 aliphatic carbocycles. The Morgan fingerprint density at radius 3 is 2.42 bits per heavy atom. The van der Waals surface area contributed by atoms with Crippen LogP contribution in [0, 0.1) is 0 Å². The van der Waals surface area contributed by atoms with Crippen molar-refractivity contribution in [2.45, 2.75) is 102 Å². The normalized spacial score (nSPS) is 22.3. The first-order valence-corrected chi connectivity index (χ1v) is 13.9. The molecular formula is C29H44N2O5. The lowest BCUT2D eigenvalue weighted by molar-refractivity contribution is -0.137. The molecule has 0 fully saturated rings. The number of ether oxygens (including phenoxy) is 1. The van der Waals surface area contributed by atoms with Gasteiger partial charge in [0.25, 0.3) is 0 Å². The van der Waals surface area contributed by atoms with Crippen molar-refractivity contribution >= 4 is 11.8 Å². The molecule has 1 aromatic carbocycles. The Morgan fingerprint density at radius 1 is 1.00 bits per heavy atom. The zero-order valence-corrected chi connectivity index (χ0v) is 22.0. The number of hydrogen-bond donors (Lipinski definition) is 3. The topological polar surface area (TPSA) is 99.1 Å². The van der Waals surface area contributed by atoms with Crippen molar-refractivity contribution in [3.8, 4) is 5.75 Å². The minimum atomic E-state index is -0.952. The summed E-state index contributed by atoms with van der Waals surface area (Å²) >= 11 is 0. The minimum Gasteiger partial charge on any atom is -0.486 e. The lowest BCUT2D eigenvalue weighted by atomic mass is 9.77. The highest BCUT2D eigenvalue weighted by atomic mass is 16.5. The Kier molecular flexibility index (Phi) is 11.3. The number of amides is 2. The number of para-hydroxylation sites is 1. The Morgan fingerprint density at radius 2 is 1.69 bits per heavy atom. The second-order valence-corrected chi connectivity index (χ2v) is 9.99. The third kappa shape index (κ3) is 6.88. The number of carbonyl (C=O) groups excluding carboxylic acids is 2. The van der Waals surface area contributed by atoms with Crippen LogP contribution in [0.5, 0.6) is 5.75 Å². The highest BCUT2D eigenvalue weighted by Gasteiger charge is 2.50. The lowest BCUT2D eigenvalue weighted by Crippen LogP contribution is -2.56. The maximum atomic E-state index is 13.5. The van der Waals surface area contributed by atoms with Crippen molar-refractivity contribution in [1.82, 2.24) is 10.2 Å². The third-order valence-electron chi connectivity index (χ3n) is 7.30. The molecule has 0 aromatic heterocycles. The van der Waals surface area contributed by atoms with Crippen molar-refractivity contribution < 1.29 is 24.5 Å². The number of carbonyl (C=O) groups is 2. The molecule has 7 nitrogen and oxygen atoms in total. The van der Waals surface area contributed by atoms with E-state index < -0.39 is 24.2 Å². The number of hydrogen-bond acceptors (Lipinski definition) is 5. The highest BCUT2D eigenvalue weighted by Crippen LogP contribution is 2.47. The molecular weight excluding hydrogens is 456 g/mol. The molecule has 200 valence electrons. The van der Waals surface area contributed by atoms with E-state index in [4.69, 9.17) is 4.74 Å². The van der Waals surface area contributed by atoms with Crippen molar-refractivity contribution in [2.24, 2.45) is 0 Å². The SMILES string of the molecule is CCCCCCCC(=O)N(CCCCCC)C1C=C(C(=O)NCCO)C2c3ccccc3OC2C1O. The molecule has 1 aliphatic heterocycles. The molecule has 3 rings (SSSR count). The van der Waals surface area contributed by atoms with Crippen LogP contribution in [-0.4, -0.2) is 64.9 Å². The van der Waals surface area contributed by atoms with E-state index in [1.807, 2.05) is 24.3 Å². The molecule has 0 bridgehead atoms. The van der Waals surface area contributed by atoms with Gasteiger partial charge in [-0.15, -0.1) is 0 Å². The third-order valence-corrected chi connectivity index (χ3v) is 7.30. The van der Waals surface area contributed by atoms with Crippen molar-refractivity contribution in [3.63, 3.8) is 0 Å². The zero-order chi connectivity index (χ0) is 25.9. The number of aliphatic hydroxyl groups is 2. The van der Waals surface area contributed by atoms with Gasteiger partial charge in [-0.1, -0.05) is 77.0 Å². The summed E-state index contributed by atoms with van der Waals surface area (Å²) in [6.07, 6.45) is 9.98. The van der Waals surface area contributed by atoms with Gasteiger partial charge in [-0.2, -0.15) is 0 Å². The molecule has 7 heteroatoms. The largest absolute Gasteiger partial charge is 0.486 e. The molecule has 0 radical (unpaired) electrons. The second-order valence-electron chi connectivity index (χ2n) is 9.99. The standard InChI is InChI=1S/C29H44N2O5/c1-3-5-7-9-10-16-25(33)31(18-13-8-6-4-2)23-20-22(29(35)30-17-19-32)26-21-14-11-12-15-24(21)36-28(26)27(23)34/h11-12,14-15,20,23,26-28,32,34H,3-10,13,16-19H2,1-2H3,(H,30,35). The lowest BCUT2D eigenvalue weighted by Gasteiger charge is -2.41. The smallest absolute Gasteiger partial charge is 0.247 e. The summed E-state index contributed by atoms with van der Waals surface area (Å²) < 4.78 is 6.18. The monoisotopic (exact) mass is 500 g/mol. The number of rotatable bonds is 15. The number of nitrogens with one attached hydrogen (secondary N) is 1. The van der Waals surface area contributed by atoms with Crippen molar-refractivity contribution in [3.05, 3.63) is 41.5 Å². The highest BCUT2D eigenvalue weighted by molar-refractivity contribution is 5.96. The van der Waals surface area contributed by atoms with E-state index in [1.165, 1.54) is 6.42 Å². The number of fused-ring (bicyclic) bond motifs is 3. The fraction of sp³-hybridized carbons (Fsp3) is 0.655. The van der Waals surface area contributed by atoms with Gasteiger partial charge in [0.05, 0.1) is 18.6 Å². The molecule has 4 unspecified atom stereocenters. The van der Waals surface area contributed by atoms with Crippen molar-refractivity contribution in [2.75, 3.05) is 19.7 Å². The summed E-state index contributed by atoms with van der Waals surface area (Å²) in [5.41, 5.74) is 1.35. The van der Waals surface area contributed by atoms with Crippen LogP contribution in [0.15, 0.2) is 35.9 Å². The molecule has 0 saturated heterocycles. The number of aliphatic hydroxyl groups excluding tert-OH is 2. The summed E-state index contributed by atoms with van der Waals surface area (Å²) in [6.45, 7) is 4.85. The summed E-state index contributed by atoms with van der Waals surface area (Å²) in [4.78, 5) is 28.4. The minimum absolute atomic E-state index is 0.0207. The summed E-state index contributed by atoms with van der Waals surface area (Å²) in [5.74, 6) is -0.0383. The van der Waals surface area contributed by atoms with Crippen LogP contribution in [0.1, 0.15) is 89.5 Å². The van der Waals surface area contributed by atoms with Crippen molar-refractivity contribution in [1.29, 1.82) is 0 Å². The van der Waals surface area contributed by atoms with Gasteiger partial charge in [-0.3, -0.25) is 9.59 Å². The van der Waals surface area contributed by atoms with E-state index in [1.54, 1.807) is 11.0 Å². The van der Waals surface area contributed by atoms with E-state index in [-0.39, 0.29) is 25.0 Å². The van der Waals surface area contributed by atoms with Gasteiger partial charge in [-0.25, -0.2) is 0 Å². The maximum Gasteiger partial charge on any atom is 0.247 e.